The van der Waals surface area contributed by atoms with Gasteiger partial charge in [0.05, 0.1) is 0 Å². The minimum Gasteiger partial charge on any atom is -0.330 e. The van der Waals surface area contributed by atoms with Gasteiger partial charge in [-0.25, -0.2) is 0 Å². The zero-order chi connectivity index (χ0) is 7.98. The third-order valence-corrected chi connectivity index (χ3v) is 1.53. The van der Waals surface area contributed by atoms with E-state index in [1.807, 2.05) is 0 Å². The Labute approximate surface area is 64.2 Å². The van der Waals surface area contributed by atoms with Crippen molar-refractivity contribution in [3.8, 4) is 0 Å². The van der Waals surface area contributed by atoms with E-state index in [9.17, 15) is 0 Å². The summed E-state index contributed by atoms with van der Waals surface area (Å²) in [5.41, 5.74) is 5.41. The summed E-state index contributed by atoms with van der Waals surface area (Å²) in [7, 11) is 0. The fraction of sp³-hybridized carbons (Fsp3) is 1.00. The van der Waals surface area contributed by atoms with Crippen molar-refractivity contribution in [2.75, 3.05) is 13.1 Å². The van der Waals surface area contributed by atoms with Crippen LogP contribution in [0.1, 0.15) is 27.2 Å². The predicted molar refractivity (Wildman–Crippen MR) is 46.0 cm³/mol. The summed E-state index contributed by atoms with van der Waals surface area (Å²) in [6.07, 6.45) is 1.12. The molecule has 0 fully saturated rings. The van der Waals surface area contributed by atoms with Crippen LogP contribution < -0.4 is 11.1 Å². The molecule has 0 aromatic carbocycles. The number of rotatable bonds is 5. The zero-order valence-corrected chi connectivity index (χ0v) is 7.35. The van der Waals surface area contributed by atoms with Crippen LogP contribution in [-0.2, 0) is 0 Å². The first-order chi connectivity index (χ1) is 4.66. The van der Waals surface area contributed by atoms with E-state index < -0.39 is 0 Å². The molecule has 0 saturated carbocycles. The molecule has 2 nitrogen and oxygen atoms in total. The van der Waals surface area contributed by atoms with Crippen LogP contribution in [0.4, 0.5) is 0 Å². The highest BCUT2D eigenvalue weighted by atomic mass is 14.9. The molecule has 10 heavy (non-hydrogen) atoms. The van der Waals surface area contributed by atoms with Crippen LogP contribution in [0.3, 0.4) is 0 Å². The molecule has 3 N–H and O–H groups in total. The Morgan fingerprint density at radius 2 is 1.90 bits per heavy atom. The summed E-state index contributed by atoms with van der Waals surface area (Å²) in [4.78, 5) is 0. The lowest BCUT2D eigenvalue weighted by molar-refractivity contribution is 0.458. The Balaban J connectivity index is 3.12. The van der Waals surface area contributed by atoms with Crippen molar-refractivity contribution in [1.29, 1.82) is 0 Å². The second-order valence-electron chi connectivity index (χ2n) is 3.25. The van der Waals surface area contributed by atoms with Gasteiger partial charge < -0.3 is 11.1 Å². The maximum atomic E-state index is 5.41. The largest absolute Gasteiger partial charge is 0.330 e. The Morgan fingerprint density at radius 3 is 2.30 bits per heavy atom. The molecule has 0 aliphatic rings. The van der Waals surface area contributed by atoms with Gasteiger partial charge in [0.25, 0.3) is 0 Å². The van der Waals surface area contributed by atoms with Crippen LogP contribution in [0.2, 0.25) is 0 Å². The first kappa shape index (κ1) is 9.92. The first-order valence-electron chi connectivity index (χ1n) is 4.10. The van der Waals surface area contributed by atoms with Gasteiger partial charge in [0.2, 0.25) is 0 Å². The molecule has 1 unspecified atom stereocenters. The zero-order valence-electron chi connectivity index (χ0n) is 7.35. The molecule has 0 amide bonds. The molecular weight excluding hydrogens is 124 g/mol. The van der Waals surface area contributed by atoms with Gasteiger partial charge >= 0.3 is 0 Å². The van der Waals surface area contributed by atoms with Crippen molar-refractivity contribution in [3.05, 3.63) is 0 Å². The highest BCUT2D eigenvalue weighted by molar-refractivity contribution is 4.59. The molecule has 0 saturated heterocycles. The topological polar surface area (TPSA) is 38.0 Å². The minimum absolute atomic E-state index is 0.597. The van der Waals surface area contributed by atoms with E-state index in [0.29, 0.717) is 12.0 Å². The normalized spacial score (nSPS) is 14.1. The molecule has 0 rings (SSSR count). The van der Waals surface area contributed by atoms with Crippen molar-refractivity contribution < 1.29 is 0 Å². The van der Waals surface area contributed by atoms with Crippen LogP contribution in [0, 0.1) is 5.92 Å². The summed E-state index contributed by atoms with van der Waals surface area (Å²) in [5, 5.41) is 3.37. The van der Waals surface area contributed by atoms with Crippen molar-refractivity contribution >= 4 is 0 Å². The number of nitrogens with two attached hydrogens (primary N) is 1. The molecule has 0 aromatic rings. The first-order valence-corrected chi connectivity index (χ1v) is 4.10. The fourth-order valence-corrected chi connectivity index (χ4v) is 0.823. The average molecular weight is 144 g/mol. The second kappa shape index (κ2) is 5.69. The van der Waals surface area contributed by atoms with Crippen LogP contribution >= 0.6 is 0 Å². The van der Waals surface area contributed by atoms with Crippen molar-refractivity contribution in [2.24, 2.45) is 11.7 Å². The van der Waals surface area contributed by atoms with Crippen LogP contribution in [-0.4, -0.2) is 19.1 Å². The Morgan fingerprint density at radius 1 is 1.30 bits per heavy atom. The molecule has 0 spiro atoms. The quantitative estimate of drug-likeness (QED) is 0.603. The molecule has 62 valence electrons. The molecule has 0 aliphatic heterocycles. The van der Waals surface area contributed by atoms with E-state index in [1.165, 1.54) is 0 Å². The summed E-state index contributed by atoms with van der Waals surface area (Å²) in [6, 6.07) is 0.597. The van der Waals surface area contributed by atoms with Crippen molar-refractivity contribution in [2.45, 2.75) is 33.2 Å². The van der Waals surface area contributed by atoms with Crippen LogP contribution in [0.25, 0.3) is 0 Å². The van der Waals surface area contributed by atoms with Gasteiger partial charge in [-0.1, -0.05) is 20.8 Å². The van der Waals surface area contributed by atoms with Gasteiger partial charge in [-0.05, 0) is 25.4 Å². The van der Waals surface area contributed by atoms with Crippen molar-refractivity contribution in [3.63, 3.8) is 0 Å². The lowest BCUT2D eigenvalue weighted by atomic mass is 10.1. The van der Waals surface area contributed by atoms with Gasteiger partial charge in [-0.2, -0.15) is 0 Å². The van der Waals surface area contributed by atoms with E-state index in [4.69, 9.17) is 5.73 Å². The van der Waals surface area contributed by atoms with Gasteiger partial charge in [0, 0.05) is 6.04 Å². The average Bonchev–Trinajstić information content (AvgIpc) is 1.85. The molecule has 0 bridgehead atoms. The molecule has 0 radical (unpaired) electrons. The van der Waals surface area contributed by atoms with E-state index in [1.54, 1.807) is 0 Å². The lowest BCUT2D eigenvalue weighted by Crippen LogP contribution is -2.28. The fourth-order valence-electron chi connectivity index (χ4n) is 0.823. The molecule has 2 heteroatoms. The predicted octanol–water partition coefficient (Wildman–Crippen LogP) is 0.969. The highest BCUT2D eigenvalue weighted by Gasteiger charge is 2.00. The summed E-state index contributed by atoms with van der Waals surface area (Å²) in [5.74, 6) is 0.715. The smallest absolute Gasteiger partial charge is 0.00104 e. The molecule has 0 aromatic heterocycles. The summed E-state index contributed by atoms with van der Waals surface area (Å²) in [6.45, 7) is 8.45. The second-order valence-corrected chi connectivity index (χ2v) is 3.25. The van der Waals surface area contributed by atoms with Gasteiger partial charge in [0.1, 0.15) is 0 Å². The van der Waals surface area contributed by atoms with E-state index in [2.05, 4.69) is 26.1 Å². The molecular formula is C8H20N2. The molecule has 1 atom stereocenters. The number of hydrogen-bond donors (Lipinski definition) is 2. The standard InChI is InChI=1S/C8H20N2/c1-7(2)10-6-8(3)4-5-9/h7-8,10H,4-6,9H2,1-3H3. The molecule has 0 heterocycles. The maximum Gasteiger partial charge on any atom is 0.00104 e. The Hall–Kier alpha value is -0.0800. The Bertz CT molecular complexity index is 71.7. The van der Waals surface area contributed by atoms with Crippen LogP contribution in [0.15, 0.2) is 0 Å². The van der Waals surface area contributed by atoms with Crippen molar-refractivity contribution in [1.82, 2.24) is 5.32 Å². The Kier molecular flexibility index (Phi) is 5.64. The van der Waals surface area contributed by atoms with E-state index >= 15 is 0 Å². The van der Waals surface area contributed by atoms with Gasteiger partial charge in [-0.15, -0.1) is 0 Å². The maximum absolute atomic E-state index is 5.41. The van der Waals surface area contributed by atoms with E-state index in [-0.39, 0.29) is 0 Å². The highest BCUT2D eigenvalue weighted by Crippen LogP contribution is 1.97. The lowest BCUT2D eigenvalue weighted by Gasteiger charge is -2.13. The SMILES string of the molecule is CC(CCN)CNC(C)C. The summed E-state index contributed by atoms with van der Waals surface area (Å²) >= 11 is 0. The molecule has 0 aliphatic carbocycles. The van der Waals surface area contributed by atoms with Crippen LogP contribution in [0.5, 0.6) is 0 Å². The van der Waals surface area contributed by atoms with Gasteiger partial charge in [0.15, 0.2) is 0 Å². The number of nitrogens with one attached hydrogen (secondary N) is 1. The number of hydrogen-bond acceptors (Lipinski definition) is 2. The summed E-state index contributed by atoms with van der Waals surface area (Å²) < 4.78 is 0. The minimum atomic E-state index is 0.597. The third kappa shape index (κ3) is 6.05. The monoisotopic (exact) mass is 144 g/mol. The third-order valence-electron chi connectivity index (χ3n) is 1.53. The van der Waals surface area contributed by atoms with Gasteiger partial charge in [-0.3, -0.25) is 0 Å². The van der Waals surface area contributed by atoms with E-state index in [0.717, 1.165) is 19.5 Å².